The van der Waals surface area contributed by atoms with Gasteiger partial charge in [-0.15, -0.1) is 0 Å². The third-order valence-electron chi connectivity index (χ3n) is 4.25. The Morgan fingerprint density at radius 3 is 2.54 bits per heavy atom. The molecule has 0 spiro atoms. The molecule has 8 heteroatoms. The molecule has 1 unspecified atom stereocenters. The SMILES string of the molecule is CN=C(NCCNC(=O)C(C)C)NC1CCN(c2c(F)cccc2F)C1. The lowest BCUT2D eigenvalue weighted by atomic mass is 10.2. The molecule has 1 aliphatic heterocycles. The Balaban J connectivity index is 1.80. The maximum absolute atomic E-state index is 13.9. The lowest BCUT2D eigenvalue weighted by Gasteiger charge is -2.21. The van der Waals surface area contributed by atoms with E-state index in [1.54, 1.807) is 11.9 Å². The maximum Gasteiger partial charge on any atom is 0.222 e. The van der Waals surface area contributed by atoms with Crippen LogP contribution in [-0.4, -0.2) is 51.1 Å². The van der Waals surface area contributed by atoms with Gasteiger partial charge in [0.25, 0.3) is 0 Å². The van der Waals surface area contributed by atoms with E-state index in [1.165, 1.54) is 18.2 Å². The second-order valence-corrected chi connectivity index (χ2v) is 6.59. The Labute approximate surface area is 153 Å². The van der Waals surface area contributed by atoms with Gasteiger partial charge < -0.3 is 20.9 Å². The van der Waals surface area contributed by atoms with Crippen molar-refractivity contribution in [2.75, 3.05) is 38.1 Å². The molecule has 0 aromatic heterocycles. The van der Waals surface area contributed by atoms with Crippen LogP contribution in [0.3, 0.4) is 0 Å². The van der Waals surface area contributed by atoms with Gasteiger partial charge in [-0.1, -0.05) is 19.9 Å². The van der Waals surface area contributed by atoms with Gasteiger partial charge in [0, 0.05) is 45.2 Å². The lowest BCUT2D eigenvalue weighted by Crippen LogP contribution is -2.46. The minimum atomic E-state index is -0.547. The van der Waals surface area contributed by atoms with Crippen molar-refractivity contribution in [3.63, 3.8) is 0 Å². The number of hydrogen-bond acceptors (Lipinski definition) is 3. The predicted octanol–water partition coefficient (Wildman–Crippen LogP) is 1.48. The van der Waals surface area contributed by atoms with E-state index in [4.69, 9.17) is 0 Å². The quantitative estimate of drug-likeness (QED) is 0.405. The van der Waals surface area contributed by atoms with Crippen molar-refractivity contribution in [1.82, 2.24) is 16.0 Å². The number of nitrogens with zero attached hydrogens (tertiary/aromatic N) is 2. The summed E-state index contributed by atoms with van der Waals surface area (Å²) in [5, 5.41) is 9.20. The number of carbonyl (C=O) groups is 1. The molecule has 1 heterocycles. The van der Waals surface area contributed by atoms with E-state index in [-0.39, 0.29) is 23.6 Å². The number of aliphatic imine (C=N–C) groups is 1. The molecule has 1 amide bonds. The largest absolute Gasteiger partial charge is 0.365 e. The van der Waals surface area contributed by atoms with Gasteiger partial charge in [-0.05, 0) is 18.6 Å². The van der Waals surface area contributed by atoms with Crippen LogP contribution in [0, 0.1) is 17.6 Å². The molecule has 1 atom stereocenters. The number of guanidine groups is 1. The van der Waals surface area contributed by atoms with Crippen LogP contribution in [0.1, 0.15) is 20.3 Å². The molecule has 0 saturated carbocycles. The molecule has 1 aromatic rings. The molecule has 6 nitrogen and oxygen atoms in total. The first-order valence-corrected chi connectivity index (χ1v) is 8.86. The highest BCUT2D eigenvalue weighted by molar-refractivity contribution is 5.80. The van der Waals surface area contributed by atoms with Crippen molar-refractivity contribution < 1.29 is 13.6 Å². The van der Waals surface area contributed by atoms with Crippen molar-refractivity contribution in [1.29, 1.82) is 0 Å². The highest BCUT2D eigenvalue weighted by Crippen LogP contribution is 2.26. The van der Waals surface area contributed by atoms with Crippen LogP contribution in [0.5, 0.6) is 0 Å². The van der Waals surface area contributed by atoms with Gasteiger partial charge in [0.2, 0.25) is 5.91 Å². The number of benzene rings is 1. The molecule has 0 bridgehead atoms. The number of anilines is 1. The number of halogens is 2. The standard InChI is InChI=1S/C18H27F2N5O/c1-12(2)17(26)22-8-9-23-18(21-3)24-13-7-10-25(11-13)16-14(19)5-4-6-15(16)20/h4-6,12-13H,7-11H2,1-3H3,(H,22,26)(H2,21,23,24). The van der Waals surface area contributed by atoms with Gasteiger partial charge >= 0.3 is 0 Å². The average molecular weight is 367 g/mol. The maximum atomic E-state index is 13.9. The number of nitrogens with one attached hydrogen (secondary N) is 3. The van der Waals surface area contributed by atoms with Gasteiger partial charge in [0.15, 0.2) is 5.96 Å². The molecular formula is C18H27F2N5O. The fourth-order valence-corrected chi connectivity index (χ4v) is 2.83. The van der Waals surface area contributed by atoms with E-state index in [9.17, 15) is 13.6 Å². The monoisotopic (exact) mass is 367 g/mol. The topological polar surface area (TPSA) is 68.8 Å². The van der Waals surface area contributed by atoms with Crippen LogP contribution in [-0.2, 0) is 4.79 Å². The zero-order valence-electron chi connectivity index (χ0n) is 15.5. The van der Waals surface area contributed by atoms with Gasteiger partial charge in [-0.3, -0.25) is 9.79 Å². The third kappa shape index (κ3) is 5.31. The summed E-state index contributed by atoms with van der Waals surface area (Å²) < 4.78 is 27.8. The smallest absolute Gasteiger partial charge is 0.222 e. The van der Waals surface area contributed by atoms with Crippen LogP contribution in [0.2, 0.25) is 0 Å². The Morgan fingerprint density at radius 2 is 1.92 bits per heavy atom. The minimum Gasteiger partial charge on any atom is -0.365 e. The fourth-order valence-electron chi connectivity index (χ4n) is 2.83. The number of amides is 1. The molecule has 0 aliphatic carbocycles. The summed E-state index contributed by atoms with van der Waals surface area (Å²) >= 11 is 0. The van der Waals surface area contributed by atoms with Crippen LogP contribution in [0.4, 0.5) is 14.5 Å². The van der Waals surface area contributed by atoms with Crippen LogP contribution < -0.4 is 20.9 Å². The Hall–Kier alpha value is -2.38. The summed E-state index contributed by atoms with van der Waals surface area (Å²) in [6.07, 6.45) is 0.749. The van der Waals surface area contributed by atoms with Crippen molar-refractivity contribution >= 4 is 17.6 Å². The zero-order valence-corrected chi connectivity index (χ0v) is 15.5. The summed E-state index contributed by atoms with van der Waals surface area (Å²) in [6, 6.07) is 3.94. The van der Waals surface area contributed by atoms with E-state index in [1.807, 2.05) is 13.8 Å². The first-order valence-electron chi connectivity index (χ1n) is 8.86. The number of hydrogen-bond donors (Lipinski definition) is 3. The van der Waals surface area contributed by atoms with Gasteiger partial charge in [-0.2, -0.15) is 0 Å². The molecule has 0 radical (unpaired) electrons. The number of rotatable bonds is 6. The van der Waals surface area contributed by atoms with Gasteiger partial charge in [0.05, 0.1) is 0 Å². The first kappa shape index (κ1) is 19.9. The summed E-state index contributed by atoms with van der Waals surface area (Å²) in [5.74, 6) is -0.531. The second-order valence-electron chi connectivity index (χ2n) is 6.59. The van der Waals surface area contributed by atoms with Crippen LogP contribution >= 0.6 is 0 Å². The predicted molar refractivity (Wildman–Crippen MR) is 99.3 cm³/mol. The Kier molecular flexibility index (Phi) is 7.17. The molecule has 1 saturated heterocycles. The average Bonchev–Trinajstić information content (AvgIpc) is 3.05. The molecule has 3 N–H and O–H groups in total. The molecule has 1 aromatic carbocycles. The normalized spacial score (nSPS) is 17.5. The zero-order chi connectivity index (χ0) is 19.1. The van der Waals surface area contributed by atoms with Crippen molar-refractivity contribution in [2.24, 2.45) is 10.9 Å². The molecule has 2 rings (SSSR count). The van der Waals surface area contributed by atoms with Crippen molar-refractivity contribution in [3.05, 3.63) is 29.8 Å². The van der Waals surface area contributed by atoms with Crippen LogP contribution in [0.25, 0.3) is 0 Å². The molecule has 26 heavy (non-hydrogen) atoms. The van der Waals surface area contributed by atoms with Gasteiger partial charge in [0.1, 0.15) is 17.3 Å². The summed E-state index contributed by atoms with van der Waals surface area (Å²) in [4.78, 5) is 17.4. The number of para-hydroxylation sites is 1. The highest BCUT2D eigenvalue weighted by atomic mass is 19.1. The third-order valence-corrected chi connectivity index (χ3v) is 4.25. The van der Waals surface area contributed by atoms with E-state index >= 15 is 0 Å². The molecular weight excluding hydrogens is 340 g/mol. The first-order chi connectivity index (χ1) is 12.4. The van der Waals surface area contributed by atoms with E-state index in [0.717, 1.165) is 6.42 Å². The fraction of sp³-hybridized carbons (Fsp3) is 0.556. The molecule has 1 fully saturated rings. The molecule has 144 valence electrons. The summed E-state index contributed by atoms with van der Waals surface area (Å²) in [7, 11) is 1.66. The Morgan fingerprint density at radius 1 is 1.27 bits per heavy atom. The lowest BCUT2D eigenvalue weighted by molar-refractivity contribution is -0.123. The van der Waals surface area contributed by atoms with Gasteiger partial charge in [-0.25, -0.2) is 8.78 Å². The number of carbonyl (C=O) groups excluding carboxylic acids is 1. The van der Waals surface area contributed by atoms with E-state index in [2.05, 4.69) is 20.9 Å². The van der Waals surface area contributed by atoms with Crippen molar-refractivity contribution in [2.45, 2.75) is 26.3 Å². The van der Waals surface area contributed by atoms with E-state index in [0.29, 0.717) is 32.1 Å². The second kappa shape index (κ2) is 9.35. The summed E-state index contributed by atoms with van der Waals surface area (Å²) in [6.45, 7) is 5.77. The highest BCUT2D eigenvalue weighted by Gasteiger charge is 2.27. The minimum absolute atomic E-state index is 0.00750. The Bertz CT molecular complexity index is 630. The van der Waals surface area contributed by atoms with Crippen LogP contribution in [0.15, 0.2) is 23.2 Å². The molecule has 1 aliphatic rings. The van der Waals surface area contributed by atoms with E-state index < -0.39 is 11.6 Å². The van der Waals surface area contributed by atoms with Crippen molar-refractivity contribution in [3.8, 4) is 0 Å². The summed E-state index contributed by atoms with van der Waals surface area (Å²) in [5.41, 5.74) is 0.0242.